The molecule has 0 aromatic heterocycles. The molecule has 2 aliphatic heterocycles. The summed E-state index contributed by atoms with van der Waals surface area (Å²) in [7, 11) is 0. The van der Waals surface area contributed by atoms with E-state index >= 15 is 0 Å². The summed E-state index contributed by atoms with van der Waals surface area (Å²) >= 11 is 1.27. The number of thioether (sulfide) groups is 1. The van der Waals surface area contributed by atoms with Gasteiger partial charge in [-0.15, -0.1) is 0 Å². The van der Waals surface area contributed by atoms with Crippen LogP contribution in [0, 0.1) is 0 Å². The topological polar surface area (TPSA) is 59.1 Å². The average molecular weight is 336 g/mol. The van der Waals surface area contributed by atoms with Crippen LogP contribution in [0.5, 0.6) is 11.5 Å². The zero-order chi connectivity index (χ0) is 16.2. The van der Waals surface area contributed by atoms with Crippen molar-refractivity contribution in [1.29, 1.82) is 0 Å². The molecule has 0 spiro atoms. The van der Waals surface area contributed by atoms with Gasteiger partial charge < -0.3 is 19.3 Å². The molecule has 1 aromatic carbocycles. The number of hydrogen-bond acceptors (Lipinski definition) is 5. The standard InChI is InChI=1S/C16H20N2O4S/c1-2-17(15(19)10-18-7-8-23-16(18)20)9-12-11-21-13-5-3-4-6-14(13)22-12/h3-6,12H,2,7-11H2,1H3/t12-/m0/s1. The van der Waals surface area contributed by atoms with Gasteiger partial charge in [0, 0.05) is 18.8 Å². The number of benzene rings is 1. The van der Waals surface area contributed by atoms with Gasteiger partial charge in [-0.25, -0.2) is 0 Å². The second-order valence-electron chi connectivity index (χ2n) is 5.47. The fourth-order valence-corrected chi connectivity index (χ4v) is 3.46. The van der Waals surface area contributed by atoms with Gasteiger partial charge in [-0.1, -0.05) is 23.9 Å². The van der Waals surface area contributed by atoms with Crippen LogP contribution in [0.1, 0.15) is 6.92 Å². The fourth-order valence-electron chi connectivity index (χ4n) is 2.64. The zero-order valence-electron chi connectivity index (χ0n) is 13.1. The summed E-state index contributed by atoms with van der Waals surface area (Å²) in [6, 6.07) is 7.52. The molecule has 23 heavy (non-hydrogen) atoms. The van der Waals surface area contributed by atoms with Crippen molar-refractivity contribution in [2.45, 2.75) is 13.0 Å². The molecule has 2 amide bonds. The van der Waals surface area contributed by atoms with Crippen molar-refractivity contribution in [1.82, 2.24) is 9.80 Å². The normalized spacial score (nSPS) is 19.8. The van der Waals surface area contributed by atoms with Gasteiger partial charge in [0.25, 0.3) is 5.24 Å². The number of likely N-dealkylation sites (N-methyl/N-ethyl adjacent to an activating group) is 1. The predicted molar refractivity (Wildman–Crippen MR) is 88.0 cm³/mol. The lowest BCUT2D eigenvalue weighted by Gasteiger charge is -2.31. The van der Waals surface area contributed by atoms with Crippen LogP contribution in [0.15, 0.2) is 24.3 Å². The number of carbonyl (C=O) groups is 2. The van der Waals surface area contributed by atoms with Crippen LogP contribution in [0.25, 0.3) is 0 Å². The number of hydrogen-bond donors (Lipinski definition) is 0. The molecule has 124 valence electrons. The van der Waals surface area contributed by atoms with Crippen LogP contribution in [0.2, 0.25) is 0 Å². The van der Waals surface area contributed by atoms with E-state index in [1.807, 2.05) is 31.2 Å². The Balaban J connectivity index is 1.57. The molecule has 1 saturated heterocycles. The highest BCUT2D eigenvalue weighted by Gasteiger charge is 2.28. The maximum Gasteiger partial charge on any atom is 0.282 e. The van der Waals surface area contributed by atoms with Gasteiger partial charge in [0.2, 0.25) is 5.91 Å². The number of ether oxygens (including phenoxy) is 2. The van der Waals surface area contributed by atoms with Crippen molar-refractivity contribution < 1.29 is 19.1 Å². The van der Waals surface area contributed by atoms with E-state index in [9.17, 15) is 9.59 Å². The summed E-state index contributed by atoms with van der Waals surface area (Å²) < 4.78 is 11.6. The molecule has 1 fully saturated rings. The van der Waals surface area contributed by atoms with E-state index in [-0.39, 0.29) is 23.8 Å². The number of fused-ring (bicyclic) bond motifs is 1. The summed E-state index contributed by atoms with van der Waals surface area (Å²) in [4.78, 5) is 27.4. The summed E-state index contributed by atoms with van der Waals surface area (Å²) in [5.74, 6) is 2.15. The quantitative estimate of drug-likeness (QED) is 0.821. The van der Waals surface area contributed by atoms with Crippen LogP contribution in [-0.4, -0.2) is 65.6 Å². The van der Waals surface area contributed by atoms with Crippen molar-refractivity contribution in [3.8, 4) is 11.5 Å². The highest BCUT2D eigenvalue weighted by atomic mass is 32.2. The largest absolute Gasteiger partial charge is 0.486 e. The van der Waals surface area contributed by atoms with E-state index in [1.165, 1.54) is 11.8 Å². The maximum absolute atomic E-state index is 12.4. The minimum Gasteiger partial charge on any atom is -0.486 e. The van der Waals surface area contributed by atoms with E-state index in [2.05, 4.69) is 0 Å². The molecule has 0 N–H and O–H groups in total. The van der Waals surface area contributed by atoms with E-state index in [0.29, 0.717) is 32.0 Å². The lowest BCUT2D eigenvalue weighted by atomic mass is 10.2. The molecular weight excluding hydrogens is 316 g/mol. The van der Waals surface area contributed by atoms with E-state index in [0.717, 1.165) is 11.5 Å². The van der Waals surface area contributed by atoms with Gasteiger partial charge in [0.1, 0.15) is 13.2 Å². The Kier molecular flexibility index (Phi) is 4.95. The molecule has 0 bridgehead atoms. The van der Waals surface area contributed by atoms with Gasteiger partial charge in [0.05, 0.1) is 6.54 Å². The molecule has 0 unspecified atom stereocenters. The first-order valence-electron chi connectivity index (χ1n) is 7.75. The first kappa shape index (κ1) is 16.0. The molecular formula is C16H20N2O4S. The third-order valence-electron chi connectivity index (χ3n) is 3.90. The Morgan fingerprint density at radius 3 is 2.87 bits per heavy atom. The highest BCUT2D eigenvalue weighted by molar-refractivity contribution is 8.13. The molecule has 3 rings (SSSR count). The first-order chi connectivity index (χ1) is 11.2. The third kappa shape index (κ3) is 3.72. The Bertz CT molecular complexity index is 595. The summed E-state index contributed by atoms with van der Waals surface area (Å²) in [5, 5.41) is -0.0134. The molecule has 2 heterocycles. The zero-order valence-corrected chi connectivity index (χ0v) is 13.9. The van der Waals surface area contributed by atoms with Crippen LogP contribution in [0.4, 0.5) is 4.79 Å². The van der Waals surface area contributed by atoms with Crippen molar-refractivity contribution in [2.24, 2.45) is 0 Å². The van der Waals surface area contributed by atoms with Crippen molar-refractivity contribution in [3.63, 3.8) is 0 Å². The Hall–Kier alpha value is -1.89. The van der Waals surface area contributed by atoms with Crippen LogP contribution < -0.4 is 9.47 Å². The van der Waals surface area contributed by atoms with Gasteiger partial charge in [-0.2, -0.15) is 0 Å². The van der Waals surface area contributed by atoms with Gasteiger partial charge in [-0.3, -0.25) is 9.59 Å². The smallest absolute Gasteiger partial charge is 0.282 e. The van der Waals surface area contributed by atoms with Gasteiger partial charge in [0.15, 0.2) is 17.6 Å². The van der Waals surface area contributed by atoms with E-state index in [4.69, 9.17) is 9.47 Å². The fraction of sp³-hybridized carbons (Fsp3) is 0.500. The third-order valence-corrected chi connectivity index (χ3v) is 4.79. The predicted octanol–water partition coefficient (Wildman–Crippen LogP) is 1.84. The Morgan fingerprint density at radius 1 is 1.39 bits per heavy atom. The number of para-hydroxylation sites is 2. The SMILES string of the molecule is CCN(C[C@H]1COc2ccccc2O1)C(=O)CN1CCSC1=O. The van der Waals surface area contributed by atoms with Crippen molar-refractivity contribution in [2.75, 3.05) is 38.5 Å². The lowest BCUT2D eigenvalue weighted by molar-refractivity contribution is -0.133. The highest BCUT2D eigenvalue weighted by Crippen LogP contribution is 2.31. The lowest BCUT2D eigenvalue weighted by Crippen LogP contribution is -2.47. The van der Waals surface area contributed by atoms with Gasteiger partial charge in [-0.05, 0) is 19.1 Å². The molecule has 1 atom stereocenters. The second-order valence-corrected chi connectivity index (χ2v) is 6.51. The van der Waals surface area contributed by atoms with Crippen molar-refractivity contribution in [3.05, 3.63) is 24.3 Å². The first-order valence-corrected chi connectivity index (χ1v) is 8.74. The minimum atomic E-state index is -0.197. The van der Waals surface area contributed by atoms with Crippen LogP contribution in [0.3, 0.4) is 0 Å². The molecule has 7 heteroatoms. The number of rotatable bonds is 5. The summed E-state index contributed by atoms with van der Waals surface area (Å²) in [6.07, 6.45) is -0.197. The summed E-state index contributed by atoms with van der Waals surface area (Å²) in [5.41, 5.74) is 0. The minimum absolute atomic E-state index is 0.0134. The number of nitrogens with zero attached hydrogens (tertiary/aromatic N) is 2. The number of carbonyl (C=O) groups excluding carboxylic acids is 2. The summed E-state index contributed by atoms with van der Waals surface area (Å²) in [6.45, 7) is 4.16. The molecule has 0 aliphatic carbocycles. The molecule has 1 aromatic rings. The average Bonchev–Trinajstić information content (AvgIpc) is 2.97. The Morgan fingerprint density at radius 2 is 2.17 bits per heavy atom. The van der Waals surface area contributed by atoms with Crippen LogP contribution in [-0.2, 0) is 4.79 Å². The number of amides is 2. The van der Waals surface area contributed by atoms with Crippen LogP contribution >= 0.6 is 11.8 Å². The molecule has 6 nitrogen and oxygen atoms in total. The van der Waals surface area contributed by atoms with Gasteiger partial charge >= 0.3 is 0 Å². The monoisotopic (exact) mass is 336 g/mol. The molecule has 2 aliphatic rings. The maximum atomic E-state index is 12.4. The molecule has 0 saturated carbocycles. The van der Waals surface area contributed by atoms with E-state index < -0.39 is 0 Å². The molecule has 0 radical (unpaired) electrons. The van der Waals surface area contributed by atoms with E-state index in [1.54, 1.807) is 9.80 Å². The second kappa shape index (κ2) is 7.12. The Labute approximate surface area is 139 Å². The van der Waals surface area contributed by atoms with Crippen molar-refractivity contribution >= 4 is 22.9 Å².